The highest BCUT2D eigenvalue weighted by Gasteiger charge is 2.11. The van der Waals surface area contributed by atoms with Gasteiger partial charge in [-0.3, -0.25) is 5.43 Å². The van der Waals surface area contributed by atoms with E-state index in [2.05, 4.69) is 20.4 Å². The average molecular weight is 358 g/mol. The summed E-state index contributed by atoms with van der Waals surface area (Å²) < 4.78 is 6.83. The molecule has 0 unspecified atom stereocenters. The van der Waals surface area contributed by atoms with Crippen molar-refractivity contribution < 1.29 is 9.53 Å². The van der Waals surface area contributed by atoms with Gasteiger partial charge in [0.1, 0.15) is 0 Å². The van der Waals surface area contributed by atoms with Crippen LogP contribution in [-0.4, -0.2) is 35.5 Å². The molecule has 1 aromatic heterocycles. The molecule has 0 spiro atoms. The van der Waals surface area contributed by atoms with Crippen molar-refractivity contribution in [2.24, 2.45) is 5.10 Å². The molecule has 25 heavy (non-hydrogen) atoms. The van der Waals surface area contributed by atoms with Gasteiger partial charge in [-0.2, -0.15) is 5.10 Å². The highest BCUT2D eigenvalue weighted by molar-refractivity contribution is 7.80. The monoisotopic (exact) mass is 358 g/mol. The van der Waals surface area contributed by atoms with Crippen molar-refractivity contribution in [3.8, 4) is 5.69 Å². The van der Waals surface area contributed by atoms with Crippen LogP contribution in [0.25, 0.3) is 5.69 Å². The van der Waals surface area contributed by atoms with Crippen LogP contribution in [0, 0.1) is 13.8 Å². The van der Waals surface area contributed by atoms with E-state index in [1.165, 1.54) is 7.11 Å². The maximum atomic E-state index is 11.6. The van der Waals surface area contributed by atoms with Crippen LogP contribution in [0.5, 0.6) is 0 Å². The van der Waals surface area contributed by atoms with Crippen molar-refractivity contribution in [1.82, 2.24) is 15.3 Å². The summed E-state index contributed by atoms with van der Waals surface area (Å²) in [5.74, 6) is -0.344. The maximum absolute atomic E-state index is 11.6. The van der Waals surface area contributed by atoms with E-state index in [0.29, 0.717) is 10.7 Å². The standard InChI is InChI=1S/C18H22N4O2S/c1-5-19-18(25)21-20-11-15-10-12(2)22(13(15)3)16-8-6-14(7-9-16)17(23)24-4/h6-11H,5H2,1-4H3,(H2,19,21,25)/b20-11-. The van der Waals surface area contributed by atoms with Crippen LogP contribution in [0.4, 0.5) is 0 Å². The molecule has 0 aliphatic carbocycles. The highest BCUT2D eigenvalue weighted by Crippen LogP contribution is 2.20. The van der Waals surface area contributed by atoms with Crippen molar-refractivity contribution in [2.75, 3.05) is 13.7 Å². The molecule has 0 aliphatic rings. The van der Waals surface area contributed by atoms with Crippen molar-refractivity contribution in [3.05, 3.63) is 52.8 Å². The number of nitrogens with zero attached hydrogens (tertiary/aromatic N) is 2. The van der Waals surface area contributed by atoms with Gasteiger partial charge in [-0.25, -0.2) is 4.79 Å². The fraction of sp³-hybridized carbons (Fsp3) is 0.278. The molecular formula is C18H22N4O2S. The quantitative estimate of drug-likeness (QED) is 0.372. The van der Waals surface area contributed by atoms with E-state index in [1.807, 2.05) is 39.0 Å². The van der Waals surface area contributed by atoms with E-state index >= 15 is 0 Å². The average Bonchev–Trinajstić information content (AvgIpc) is 2.88. The summed E-state index contributed by atoms with van der Waals surface area (Å²) in [6, 6.07) is 9.34. The Morgan fingerprint density at radius 3 is 2.60 bits per heavy atom. The zero-order valence-electron chi connectivity index (χ0n) is 14.8. The number of carbonyl (C=O) groups is 1. The molecule has 2 N–H and O–H groups in total. The number of hydrazone groups is 1. The van der Waals surface area contributed by atoms with Gasteiger partial charge in [-0.05, 0) is 63.3 Å². The number of hydrogen-bond donors (Lipinski definition) is 2. The maximum Gasteiger partial charge on any atom is 0.337 e. The van der Waals surface area contributed by atoms with Gasteiger partial charge in [-0.15, -0.1) is 0 Å². The minimum atomic E-state index is -0.344. The minimum Gasteiger partial charge on any atom is -0.465 e. The lowest BCUT2D eigenvalue weighted by Gasteiger charge is -2.10. The predicted molar refractivity (Wildman–Crippen MR) is 104 cm³/mol. The molecule has 1 heterocycles. The zero-order chi connectivity index (χ0) is 18.4. The van der Waals surface area contributed by atoms with Gasteiger partial charge in [0.25, 0.3) is 0 Å². The summed E-state index contributed by atoms with van der Waals surface area (Å²) in [6.07, 6.45) is 1.74. The second kappa shape index (κ2) is 8.43. The normalized spacial score (nSPS) is 10.7. The number of rotatable bonds is 5. The highest BCUT2D eigenvalue weighted by atomic mass is 32.1. The summed E-state index contributed by atoms with van der Waals surface area (Å²) in [5, 5.41) is 7.63. The Morgan fingerprint density at radius 2 is 2.00 bits per heavy atom. The summed E-state index contributed by atoms with van der Waals surface area (Å²) in [4.78, 5) is 11.6. The van der Waals surface area contributed by atoms with Crippen LogP contribution in [0.2, 0.25) is 0 Å². The Bertz CT molecular complexity index is 794. The second-order valence-electron chi connectivity index (χ2n) is 5.43. The molecule has 1 aromatic carbocycles. The van der Waals surface area contributed by atoms with Gasteiger partial charge in [0.05, 0.1) is 18.9 Å². The fourth-order valence-electron chi connectivity index (χ4n) is 2.54. The summed E-state index contributed by atoms with van der Waals surface area (Å²) in [6.45, 7) is 6.76. The molecule has 0 radical (unpaired) electrons. The molecule has 0 fully saturated rings. The van der Waals surface area contributed by atoms with Crippen LogP contribution < -0.4 is 10.7 Å². The first-order chi connectivity index (χ1) is 12.0. The molecule has 2 aromatic rings. The first-order valence-corrected chi connectivity index (χ1v) is 8.33. The van der Waals surface area contributed by atoms with Gasteiger partial charge in [-0.1, -0.05) is 0 Å². The van der Waals surface area contributed by atoms with E-state index in [1.54, 1.807) is 18.3 Å². The van der Waals surface area contributed by atoms with Crippen LogP contribution in [-0.2, 0) is 4.74 Å². The molecule has 132 valence electrons. The number of aryl methyl sites for hydroxylation is 1. The first-order valence-electron chi connectivity index (χ1n) is 7.92. The van der Waals surface area contributed by atoms with Gasteiger partial charge in [0.2, 0.25) is 0 Å². The molecule has 0 saturated heterocycles. The second-order valence-corrected chi connectivity index (χ2v) is 5.84. The molecule has 6 nitrogen and oxygen atoms in total. The Kier molecular flexibility index (Phi) is 6.30. The lowest BCUT2D eigenvalue weighted by molar-refractivity contribution is 0.0601. The van der Waals surface area contributed by atoms with E-state index in [0.717, 1.165) is 29.2 Å². The summed E-state index contributed by atoms with van der Waals surface area (Å²) in [7, 11) is 1.37. The van der Waals surface area contributed by atoms with Crippen molar-refractivity contribution in [1.29, 1.82) is 0 Å². The molecule has 0 amide bonds. The summed E-state index contributed by atoms with van der Waals surface area (Å²) >= 11 is 5.07. The van der Waals surface area contributed by atoms with Crippen LogP contribution in [0.1, 0.15) is 34.2 Å². The number of hydrogen-bond acceptors (Lipinski definition) is 4. The first kappa shape index (κ1) is 18.7. The number of carbonyl (C=O) groups excluding carboxylic acids is 1. The number of nitrogens with one attached hydrogen (secondary N) is 2. The largest absolute Gasteiger partial charge is 0.465 e. The van der Waals surface area contributed by atoms with Gasteiger partial charge in [0.15, 0.2) is 5.11 Å². The van der Waals surface area contributed by atoms with Crippen LogP contribution in [0.3, 0.4) is 0 Å². The van der Waals surface area contributed by atoms with Gasteiger partial charge < -0.3 is 14.6 Å². The Hall–Kier alpha value is -2.67. The Labute approximate surface area is 152 Å². The lowest BCUT2D eigenvalue weighted by Crippen LogP contribution is -2.31. The fourth-order valence-corrected chi connectivity index (χ4v) is 2.74. The third kappa shape index (κ3) is 4.45. The van der Waals surface area contributed by atoms with E-state index < -0.39 is 0 Å². The molecule has 2 rings (SSSR count). The topological polar surface area (TPSA) is 67.7 Å². The number of thiocarbonyl (C=S) groups is 1. The Morgan fingerprint density at radius 1 is 1.32 bits per heavy atom. The molecule has 7 heteroatoms. The minimum absolute atomic E-state index is 0.344. The molecule has 0 aliphatic heterocycles. The third-order valence-electron chi connectivity index (χ3n) is 3.72. The molecule has 0 bridgehead atoms. The van der Waals surface area contributed by atoms with E-state index in [9.17, 15) is 4.79 Å². The van der Waals surface area contributed by atoms with Crippen LogP contribution in [0.15, 0.2) is 35.4 Å². The smallest absolute Gasteiger partial charge is 0.337 e. The lowest BCUT2D eigenvalue weighted by atomic mass is 10.2. The van der Waals surface area contributed by atoms with E-state index in [4.69, 9.17) is 17.0 Å². The Balaban J connectivity index is 2.23. The number of benzene rings is 1. The molecular weight excluding hydrogens is 336 g/mol. The number of methoxy groups -OCH3 is 1. The van der Waals surface area contributed by atoms with Gasteiger partial charge in [0, 0.05) is 29.2 Å². The van der Waals surface area contributed by atoms with Crippen molar-refractivity contribution in [2.45, 2.75) is 20.8 Å². The van der Waals surface area contributed by atoms with Crippen molar-refractivity contribution in [3.63, 3.8) is 0 Å². The molecule has 0 saturated carbocycles. The number of aromatic nitrogens is 1. The number of ether oxygens (including phenoxy) is 1. The summed E-state index contributed by atoms with van der Waals surface area (Å²) in [5.41, 5.74) is 7.38. The van der Waals surface area contributed by atoms with E-state index in [-0.39, 0.29) is 5.97 Å². The van der Waals surface area contributed by atoms with Crippen LogP contribution >= 0.6 is 12.2 Å². The third-order valence-corrected chi connectivity index (χ3v) is 3.96. The number of esters is 1. The molecule has 0 atom stereocenters. The SMILES string of the molecule is CCNC(=S)N/N=C\c1cc(C)n(-c2ccc(C(=O)OC)cc2)c1C. The van der Waals surface area contributed by atoms with Gasteiger partial charge >= 0.3 is 5.97 Å². The zero-order valence-corrected chi connectivity index (χ0v) is 15.6. The van der Waals surface area contributed by atoms with Crippen molar-refractivity contribution >= 4 is 29.5 Å². The predicted octanol–water partition coefficient (Wildman–Crippen LogP) is 2.70.